The second-order valence-electron chi connectivity index (χ2n) is 4.59. The molecule has 0 bridgehead atoms. The van der Waals surface area contributed by atoms with Crippen LogP contribution in [-0.2, 0) is 13.0 Å². The maximum atomic E-state index is 12.3. The number of nitrogens with two attached hydrogens (primary N) is 1. The van der Waals surface area contributed by atoms with Crippen LogP contribution in [-0.4, -0.2) is 11.1 Å². The van der Waals surface area contributed by atoms with Crippen molar-refractivity contribution in [2.24, 2.45) is 5.73 Å². The zero-order valence-corrected chi connectivity index (χ0v) is 10.9. The average molecular weight is 244 g/mol. The highest BCUT2D eigenvalue weighted by molar-refractivity contribution is 5.82. The number of nitrogens with zero attached hydrogens (tertiary/aromatic N) is 1. The number of hydrogen-bond donors (Lipinski definition) is 1. The molecular formula is C15H20N2O. The van der Waals surface area contributed by atoms with E-state index in [0.29, 0.717) is 6.54 Å². The molecule has 0 aliphatic heterocycles. The van der Waals surface area contributed by atoms with E-state index in [1.807, 2.05) is 24.4 Å². The molecule has 2 aromatic rings. The summed E-state index contributed by atoms with van der Waals surface area (Å²) in [5.41, 5.74) is 6.84. The van der Waals surface area contributed by atoms with Crippen LogP contribution in [0.3, 0.4) is 0 Å². The molecule has 3 heteroatoms. The monoisotopic (exact) mass is 244 g/mol. The highest BCUT2D eigenvalue weighted by Crippen LogP contribution is 2.13. The number of aromatic nitrogens is 1. The van der Waals surface area contributed by atoms with E-state index in [1.165, 1.54) is 5.56 Å². The van der Waals surface area contributed by atoms with E-state index in [4.69, 9.17) is 5.73 Å². The molecule has 0 atom stereocenters. The van der Waals surface area contributed by atoms with Gasteiger partial charge in [0.25, 0.3) is 5.56 Å². The van der Waals surface area contributed by atoms with Crippen LogP contribution in [0, 0.1) is 0 Å². The standard InChI is InChI=1S/C15H20N2O/c1-2-12-5-6-14-13(11-12)7-10-17(15(14)18)9-4-3-8-16/h5-7,10-11H,2-4,8-9,16H2,1H3. The van der Waals surface area contributed by atoms with Gasteiger partial charge in [-0.3, -0.25) is 4.79 Å². The minimum absolute atomic E-state index is 0.104. The summed E-state index contributed by atoms with van der Waals surface area (Å²) >= 11 is 0. The number of hydrogen-bond acceptors (Lipinski definition) is 2. The topological polar surface area (TPSA) is 48.0 Å². The second kappa shape index (κ2) is 5.83. The highest BCUT2D eigenvalue weighted by Gasteiger charge is 2.03. The first-order chi connectivity index (χ1) is 8.76. The molecule has 1 aromatic heterocycles. The zero-order valence-electron chi connectivity index (χ0n) is 10.9. The van der Waals surface area contributed by atoms with Gasteiger partial charge in [0, 0.05) is 18.1 Å². The molecule has 1 aromatic carbocycles. The van der Waals surface area contributed by atoms with E-state index in [0.717, 1.165) is 36.6 Å². The molecule has 18 heavy (non-hydrogen) atoms. The molecular weight excluding hydrogens is 224 g/mol. The van der Waals surface area contributed by atoms with Crippen LogP contribution in [0.2, 0.25) is 0 Å². The van der Waals surface area contributed by atoms with Crippen LogP contribution in [0.5, 0.6) is 0 Å². The summed E-state index contributed by atoms with van der Waals surface area (Å²) in [5.74, 6) is 0. The van der Waals surface area contributed by atoms with Gasteiger partial charge in [0.1, 0.15) is 0 Å². The molecule has 2 N–H and O–H groups in total. The normalized spacial score (nSPS) is 11.0. The largest absolute Gasteiger partial charge is 0.330 e. The van der Waals surface area contributed by atoms with Crippen molar-refractivity contribution in [3.63, 3.8) is 0 Å². The molecule has 96 valence electrons. The Bertz CT molecular complexity index is 587. The SMILES string of the molecule is CCc1ccc2c(=O)n(CCCCN)ccc2c1. The van der Waals surface area contributed by atoms with E-state index in [-0.39, 0.29) is 5.56 Å². The summed E-state index contributed by atoms with van der Waals surface area (Å²) in [4.78, 5) is 12.3. The summed E-state index contributed by atoms with van der Waals surface area (Å²) in [6.45, 7) is 3.55. The molecule has 3 nitrogen and oxygen atoms in total. The van der Waals surface area contributed by atoms with Gasteiger partial charge in [0.2, 0.25) is 0 Å². The number of fused-ring (bicyclic) bond motifs is 1. The van der Waals surface area contributed by atoms with Crippen molar-refractivity contribution in [3.05, 3.63) is 46.4 Å². The van der Waals surface area contributed by atoms with E-state index in [2.05, 4.69) is 13.0 Å². The Morgan fingerprint density at radius 1 is 1.22 bits per heavy atom. The molecule has 1 heterocycles. The number of rotatable bonds is 5. The Balaban J connectivity index is 2.35. The third kappa shape index (κ3) is 2.62. The lowest BCUT2D eigenvalue weighted by Crippen LogP contribution is -2.20. The fraction of sp³-hybridized carbons (Fsp3) is 0.400. The summed E-state index contributed by atoms with van der Waals surface area (Å²) in [5, 5.41) is 1.84. The van der Waals surface area contributed by atoms with Crippen LogP contribution in [0.1, 0.15) is 25.3 Å². The second-order valence-corrected chi connectivity index (χ2v) is 4.59. The van der Waals surface area contributed by atoms with Gasteiger partial charge in [-0.05, 0) is 48.9 Å². The maximum Gasteiger partial charge on any atom is 0.258 e. The summed E-state index contributed by atoms with van der Waals surface area (Å²) in [6.07, 6.45) is 4.80. The lowest BCUT2D eigenvalue weighted by molar-refractivity contribution is 0.602. The molecule has 0 spiro atoms. The van der Waals surface area contributed by atoms with Crippen molar-refractivity contribution in [3.8, 4) is 0 Å². The Morgan fingerprint density at radius 2 is 2.06 bits per heavy atom. The number of unbranched alkanes of at least 4 members (excludes halogenated alkanes) is 1. The molecule has 2 rings (SSSR count). The Morgan fingerprint density at radius 3 is 2.78 bits per heavy atom. The lowest BCUT2D eigenvalue weighted by atomic mass is 10.1. The molecule has 0 amide bonds. The number of benzene rings is 1. The fourth-order valence-electron chi connectivity index (χ4n) is 2.16. The Kier molecular flexibility index (Phi) is 4.15. The van der Waals surface area contributed by atoms with Crippen molar-refractivity contribution in [2.75, 3.05) is 6.54 Å². The van der Waals surface area contributed by atoms with Crippen LogP contribution in [0.25, 0.3) is 10.8 Å². The number of aryl methyl sites for hydroxylation is 2. The van der Waals surface area contributed by atoms with Crippen molar-refractivity contribution < 1.29 is 0 Å². The third-order valence-corrected chi connectivity index (χ3v) is 3.30. The van der Waals surface area contributed by atoms with Crippen molar-refractivity contribution in [1.82, 2.24) is 4.57 Å². The van der Waals surface area contributed by atoms with Crippen molar-refractivity contribution >= 4 is 10.8 Å². The van der Waals surface area contributed by atoms with Crippen LogP contribution in [0.4, 0.5) is 0 Å². The van der Waals surface area contributed by atoms with E-state index >= 15 is 0 Å². The molecule has 0 aliphatic carbocycles. The predicted molar refractivity (Wildman–Crippen MR) is 75.9 cm³/mol. The predicted octanol–water partition coefficient (Wildman–Crippen LogP) is 2.30. The van der Waals surface area contributed by atoms with Gasteiger partial charge in [0.05, 0.1) is 0 Å². The van der Waals surface area contributed by atoms with Gasteiger partial charge in [-0.25, -0.2) is 0 Å². The first-order valence-corrected chi connectivity index (χ1v) is 6.58. The highest BCUT2D eigenvalue weighted by atomic mass is 16.1. The molecule has 0 fully saturated rings. The first kappa shape index (κ1) is 12.8. The van der Waals surface area contributed by atoms with E-state index in [9.17, 15) is 4.79 Å². The van der Waals surface area contributed by atoms with Gasteiger partial charge < -0.3 is 10.3 Å². The number of pyridine rings is 1. The van der Waals surface area contributed by atoms with Gasteiger partial charge in [-0.2, -0.15) is 0 Å². The molecule has 0 saturated carbocycles. The minimum Gasteiger partial charge on any atom is -0.330 e. The van der Waals surface area contributed by atoms with E-state index in [1.54, 1.807) is 4.57 Å². The minimum atomic E-state index is 0.104. The van der Waals surface area contributed by atoms with Gasteiger partial charge >= 0.3 is 0 Å². The summed E-state index contributed by atoms with van der Waals surface area (Å²) < 4.78 is 1.78. The average Bonchev–Trinajstić information content (AvgIpc) is 2.41. The van der Waals surface area contributed by atoms with E-state index < -0.39 is 0 Å². The third-order valence-electron chi connectivity index (χ3n) is 3.30. The van der Waals surface area contributed by atoms with Crippen LogP contribution >= 0.6 is 0 Å². The summed E-state index contributed by atoms with van der Waals surface area (Å²) in [7, 11) is 0. The summed E-state index contributed by atoms with van der Waals surface area (Å²) in [6, 6.07) is 8.10. The smallest absolute Gasteiger partial charge is 0.258 e. The first-order valence-electron chi connectivity index (χ1n) is 6.58. The van der Waals surface area contributed by atoms with Gasteiger partial charge in [-0.15, -0.1) is 0 Å². The molecule has 0 aliphatic rings. The van der Waals surface area contributed by atoms with Gasteiger partial charge in [-0.1, -0.05) is 19.1 Å². The Labute approximate surface area is 107 Å². The maximum absolute atomic E-state index is 12.3. The molecule has 0 saturated heterocycles. The van der Waals surface area contributed by atoms with Gasteiger partial charge in [0.15, 0.2) is 0 Å². The molecule has 0 unspecified atom stereocenters. The van der Waals surface area contributed by atoms with Crippen molar-refractivity contribution in [1.29, 1.82) is 0 Å². The zero-order chi connectivity index (χ0) is 13.0. The van der Waals surface area contributed by atoms with Crippen LogP contribution in [0.15, 0.2) is 35.3 Å². The quantitative estimate of drug-likeness (QED) is 0.820. The van der Waals surface area contributed by atoms with Crippen LogP contribution < -0.4 is 11.3 Å². The lowest BCUT2D eigenvalue weighted by Gasteiger charge is -2.07. The van der Waals surface area contributed by atoms with Crippen molar-refractivity contribution in [2.45, 2.75) is 32.7 Å². The Hall–Kier alpha value is -1.61. The molecule has 0 radical (unpaired) electrons. The fourth-order valence-corrected chi connectivity index (χ4v) is 2.16.